The van der Waals surface area contributed by atoms with Crippen LogP contribution >= 0.6 is 0 Å². The van der Waals surface area contributed by atoms with E-state index in [4.69, 9.17) is 4.42 Å². The molecule has 0 saturated heterocycles. The minimum absolute atomic E-state index is 0.115. The van der Waals surface area contributed by atoms with Gasteiger partial charge in [0.1, 0.15) is 5.76 Å². The molecule has 5 heteroatoms. The molecule has 17 heavy (non-hydrogen) atoms. The third-order valence-electron chi connectivity index (χ3n) is 2.24. The lowest BCUT2D eigenvalue weighted by molar-refractivity contribution is 0.0953. The molecule has 0 aliphatic rings. The van der Waals surface area contributed by atoms with Gasteiger partial charge in [0, 0.05) is 30.9 Å². The lowest BCUT2D eigenvalue weighted by atomic mass is 10.2. The van der Waals surface area contributed by atoms with E-state index < -0.39 is 0 Å². The van der Waals surface area contributed by atoms with Gasteiger partial charge >= 0.3 is 0 Å². The minimum Gasteiger partial charge on any atom is -0.446 e. The van der Waals surface area contributed by atoms with Gasteiger partial charge in [-0.2, -0.15) is 0 Å². The van der Waals surface area contributed by atoms with Crippen LogP contribution in [0, 0.1) is 6.92 Å². The summed E-state index contributed by atoms with van der Waals surface area (Å²) < 4.78 is 5.30. The zero-order chi connectivity index (χ0) is 12.1. The van der Waals surface area contributed by atoms with Crippen molar-refractivity contribution >= 4 is 5.91 Å². The fraction of sp³-hybridized carbons (Fsp3) is 0.250. The highest BCUT2D eigenvalue weighted by molar-refractivity contribution is 5.93. The maximum absolute atomic E-state index is 11.7. The predicted molar refractivity (Wildman–Crippen MR) is 61.5 cm³/mol. The van der Waals surface area contributed by atoms with Crippen LogP contribution in [-0.4, -0.2) is 22.4 Å². The molecule has 0 fully saturated rings. The fourth-order valence-electron chi connectivity index (χ4n) is 1.41. The molecule has 0 unspecified atom stereocenters. The van der Waals surface area contributed by atoms with E-state index in [1.807, 2.05) is 6.92 Å². The number of pyridine rings is 1. The SMILES string of the molecule is Cc1cnc(CCNC(=O)c2ccncc2)o1. The molecule has 2 aromatic heterocycles. The first-order chi connectivity index (χ1) is 8.25. The highest BCUT2D eigenvalue weighted by atomic mass is 16.4. The molecule has 0 spiro atoms. The Morgan fingerprint density at radius 1 is 1.41 bits per heavy atom. The number of aromatic nitrogens is 2. The summed E-state index contributed by atoms with van der Waals surface area (Å²) in [7, 11) is 0. The second kappa shape index (κ2) is 5.25. The number of nitrogens with one attached hydrogen (secondary N) is 1. The van der Waals surface area contributed by atoms with Gasteiger partial charge < -0.3 is 9.73 Å². The van der Waals surface area contributed by atoms with Crippen molar-refractivity contribution in [3.05, 3.63) is 47.9 Å². The Hall–Kier alpha value is -2.17. The summed E-state index contributed by atoms with van der Waals surface area (Å²) in [6, 6.07) is 3.34. The molecule has 5 nitrogen and oxygen atoms in total. The molecule has 88 valence electrons. The zero-order valence-electron chi connectivity index (χ0n) is 9.51. The fourth-order valence-corrected chi connectivity index (χ4v) is 1.41. The molecular formula is C12H13N3O2. The van der Waals surface area contributed by atoms with E-state index in [1.54, 1.807) is 30.7 Å². The van der Waals surface area contributed by atoms with E-state index in [1.165, 1.54) is 0 Å². The number of rotatable bonds is 4. The van der Waals surface area contributed by atoms with Crippen LogP contribution in [0.15, 0.2) is 35.1 Å². The van der Waals surface area contributed by atoms with Crippen molar-refractivity contribution in [1.82, 2.24) is 15.3 Å². The van der Waals surface area contributed by atoms with Crippen molar-refractivity contribution in [2.45, 2.75) is 13.3 Å². The number of hydrogen-bond donors (Lipinski definition) is 1. The van der Waals surface area contributed by atoms with E-state index in [0.717, 1.165) is 5.76 Å². The highest BCUT2D eigenvalue weighted by Gasteiger charge is 2.05. The molecule has 0 atom stereocenters. The maximum atomic E-state index is 11.7. The van der Waals surface area contributed by atoms with Crippen LogP contribution in [0.3, 0.4) is 0 Å². The predicted octanol–water partition coefficient (Wildman–Crippen LogP) is 1.35. The normalized spacial score (nSPS) is 10.2. The van der Waals surface area contributed by atoms with Crippen LogP contribution in [0.4, 0.5) is 0 Å². The van der Waals surface area contributed by atoms with Gasteiger partial charge in [0.15, 0.2) is 5.89 Å². The van der Waals surface area contributed by atoms with Crippen molar-refractivity contribution in [3.63, 3.8) is 0 Å². The Morgan fingerprint density at radius 2 is 2.18 bits per heavy atom. The highest BCUT2D eigenvalue weighted by Crippen LogP contribution is 2.01. The van der Waals surface area contributed by atoms with E-state index >= 15 is 0 Å². The summed E-state index contributed by atoms with van der Waals surface area (Å²) >= 11 is 0. The van der Waals surface area contributed by atoms with Gasteiger partial charge in [-0.1, -0.05) is 0 Å². The van der Waals surface area contributed by atoms with Gasteiger partial charge in [0.25, 0.3) is 5.91 Å². The summed E-state index contributed by atoms with van der Waals surface area (Å²) in [5.41, 5.74) is 0.601. The Labute approximate surface area is 98.9 Å². The van der Waals surface area contributed by atoms with E-state index in [2.05, 4.69) is 15.3 Å². The molecule has 2 rings (SSSR count). The molecule has 2 heterocycles. The van der Waals surface area contributed by atoms with Crippen molar-refractivity contribution in [2.24, 2.45) is 0 Å². The Bertz CT molecular complexity index is 493. The van der Waals surface area contributed by atoms with Crippen molar-refractivity contribution in [3.8, 4) is 0 Å². The van der Waals surface area contributed by atoms with Gasteiger partial charge in [0.05, 0.1) is 6.20 Å². The molecule has 0 aliphatic carbocycles. The van der Waals surface area contributed by atoms with E-state index in [0.29, 0.717) is 24.4 Å². The van der Waals surface area contributed by atoms with Crippen LogP contribution in [0.2, 0.25) is 0 Å². The third-order valence-corrected chi connectivity index (χ3v) is 2.24. The lowest BCUT2D eigenvalue weighted by Gasteiger charge is -2.02. The molecule has 0 aromatic carbocycles. The summed E-state index contributed by atoms with van der Waals surface area (Å²) in [5.74, 6) is 1.30. The first kappa shape index (κ1) is 11.3. The topological polar surface area (TPSA) is 68.0 Å². The van der Waals surface area contributed by atoms with Crippen LogP contribution in [0.25, 0.3) is 0 Å². The first-order valence-corrected chi connectivity index (χ1v) is 5.35. The number of oxazole rings is 1. The lowest BCUT2D eigenvalue weighted by Crippen LogP contribution is -2.25. The second-order valence-electron chi connectivity index (χ2n) is 3.61. The molecular weight excluding hydrogens is 218 g/mol. The Kier molecular flexibility index (Phi) is 3.49. The van der Waals surface area contributed by atoms with Gasteiger partial charge in [-0.05, 0) is 19.1 Å². The van der Waals surface area contributed by atoms with Crippen LogP contribution in [0.5, 0.6) is 0 Å². The zero-order valence-corrected chi connectivity index (χ0v) is 9.51. The van der Waals surface area contributed by atoms with E-state index in [-0.39, 0.29) is 5.91 Å². The number of nitrogens with zero attached hydrogens (tertiary/aromatic N) is 2. The van der Waals surface area contributed by atoms with Gasteiger partial charge in [-0.25, -0.2) is 4.98 Å². The van der Waals surface area contributed by atoms with Gasteiger partial charge in [-0.15, -0.1) is 0 Å². The summed E-state index contributed by atoms with van der Waals surface area (Å²) in [5, 5.41) is 2.79. The molecule has 0 bridgehead atoms. The Morgan fingerprint density at radius 3 is 2.82 bits per heavy atom. The average Bonchev–Trinajstić information content (AvgIpc) is 2.76. The number of aryl methyl sites for hydroxylation is 1. The maximum Gasteiger partial charge on any atom is 0.251 e. The minimum atomic E-state index is -0.115. The van der Waals surface area contributed by atoms with Crippen molar-refractivity contribution < 1.29 is 9.21 Å². The monoisotopic (exact) mass is 231 g/mol. The van der Waals surface area contributed by atoms with Gasteiger partial charge in [0.2, 0.25) is 0 Å². The number of carbonyl (C=O) groups excluding carboxylic acids is 1. The standard InChI is InChI=1S/C12H13N3O2/c1-9-8-15-11(17-9)4-7-14-12(16)10-2-5-13-6-3-10/h2-3,5-6,8H,4,7H2,1H3,(H,14,16). The summed E-state index contributed by atoms with van der Waals surface area (Å²) in [4.78, 5) is 19.6. The summed E-state index contributed by atoms with van der Waals surface area (Å²) in [6.45, 7) is 2.34. The molecule has 0 aliphatic heterocycles. The molecule has 1 N–H and O–H groups in total. The largest absolute Gasteiger partial charge is 0.446 e. The molecule has 0 radical (unpaired) electrons. The van der Waals surface area contributed by atoms with E-state index in [9.17, 15) is 4.79 Å². The van der Waals surface area contributed by atoms with Crippen LogP contribution in [0.1, 0.15) is 22.0 Å². The number of carbonyl (C=O) groups is 1. The third kappa shape index (κ3) is 3.14. The van der Waals surface area contributed by atoms with Crippen LogP contribution in [-0.2, 0) is 6.42 Å². The Balaban J connectivity index is 1.81. The molecule has 1 amide bonds. The first-order valence-electron chi connectivity index (χ1n) is 5.35. The summed E-state index contributed by atoms with van der Waals surface area (Å²) in [6.07, 6.45) is 5.43. The quantitative estimate of drug-likeness (QED) is 0.862. The van der Waals surface area contributed by atoms with Gasteiger partial charge in [-0.3, -0.25) is 9.78 Å². The number of hydrogen-bond acceptors (Lipinski definition) is 4. The molecule has 0 saturated carbocycles. The average molecular weight is 231 g/mol. The van der Waals surface area contributed by atoms with Crippen molar-refractivity contribution in [2.75, 3.05) is 6.54 Å². The second-order valence-corrected chi connectivity index (χ2v) is 3.61. The van der Waals surface area contributed by atoms with Crippen LogP contribution < -0.4 is 5.32 Å². The number of amides is 1. The molecule has 2 aromatic rings. The van der Waals surface area contributed by atoms with Crippen molar-refractivity contribution in [1.29, 1.82) is 0 Å². The smallest absolute Gasteiger partial charge is 0.251 e.